The number of hydrogen-bond donors (Lipinski definition) is 0. The quantitative estimate of drug-likeness (QED) is 0.759. The van der Waals surface area contributed by atoms with Crippen LogP contribution in [0.3, 0.4) is 0 Å². The number of benzene rings is 2. The van der Waals surface area contributed by atoms with Crippen molar-refractivity contribution >= 4 is 38.9 Å². The van der Waals surface area contributed by atoms with Crippen molar-refractivity contribution in [3.8, 4) is 0 Å². The Morgan fingerprint density at radius 1 is 1.19 bits per heavy atom. The first-order valence-corrected chi connectivity index (χ1v) is 10.9. The third-order valence-electron chi connectivity index (χ3n) is 4.64. The fourth-order valence-electron chi connectivity index (χ4n) is 3.19. The second-order valence-corrected chi connectivity index (χ2v) is 9.61. The van der Waals surface area contributed by atoms with Gasteiger partial charge in [-0.2, -0.15) is 0 Å². The highest BCUT2D eigenvalue weighted by molar-refractivity contribution is 7.91. The zero-order valence-electron chi connectivity index (χ0n) is 14.3. The SMILES string of the molecule is Cc1ccccc1C(=O)N(Cc1ccc(Cl)cc1Cl)C1CCS(=O)(=O)C1. The van der Waals surface area contributed by atoms with E-state index in [2.05, 4.69) is 0 Å². The number of hydrogen-bond acceptors (Lipinski definition) is 3. The summed E-state index contributed by atoms with van der Waals surface area (Å²) in [5.41, 5.74) is 2.16. The summed E-state index contributed by atoms with van der Waals surface area (Å²) in [6.07, 6.45) is 0.436. The van der Waals surface area contributed by atoms with E-state index in [1.54, 1.807) is 35.2 Å². The second-order valence-electron chi connectivity index (χ2n) is 6.54. The molecule has 2 aromatic rings. The average Bonchev–Trinajstić information content (AvgIpc) is 2.94. The van der Waals surface area contributed by atoms with Crippen molar-refractivity contribution < 1.29 is 13.2 Å². The van der Waals surface area contributed by atoms with Gasteiger partial charge in [0.05, 0.1) is 11.5 Å². The monoisotopic (exact) mass is 411 g/mol. The van der Waals surface area contributed by atoms with Gasteiger partial charge >= 0.3 is 0 Å². The van der Waals surface area contributed by atoms with E-state index in [1.165, 1.54) is 0 Å². The summed E-state index contributed by atoms with van der Waals surface area (Å²) >= 11 is 12.2. The van der Waals surface area contributed by atoms with Gasteiger partial charge in [0.2, 0.25) is 0 Å². The molecule has 0 aromatic heterocycles. The maximum atomic E-state index is 13.2. The Hall–Kier alpha value is -1.56. The number of nitrogens with zero attached hydrogens (tertiary/aromatic N) is 1. The molecule has 1 aliphatic heterocycles. The van der Waals surface area contributed by atoms with Crippen molar-refractivity contribution in [3.05, 3.63) is 69.2 Å². The van der Waals surface area contributed by atoms with Gasteiger partial charge in [-0.15, -0.1) is 0 Å². The summed E-state index contributed by atoms with van der Waals surface area (Å²) in [5.74, 6) is -0.101. The lowest BCUT2D eigenvalue weighted by atomic mass is 10.1. The summed E-state index contributed by atoms with van der Waals surface area (Å²) in [6, 6.07) is 12.0. The summed E-state index contributed by atoms with van der Waals surface area (Å²) < 4.78 is 23.9. The molecule has 1 heterocycles. The molecule has 1 amide bonds. The number of aryl methyl sites for hydroxylation is 1. The van der Waals surface area contributed by atoms with Crippen molar-refractivity contribution in [3.63, 3.8) is 0 Å². The van der Waals surface area contributed by atoms with Crippen molar-refractivity contribution in [2.75, 3.05) is 11.5 Å². The standard InChI is InChI=1S/C19H19Cl2NO3S/c1-13-4-2-3-5-17(13)19(23)22(16-8-9-26(24,25)12-16)11-14-6-7-15(20)10-18(14)21/h2-7,10,16H,8-9,11-12H2,1H3. The predicted octanol–water partition coefficient (Wildman–Crippen LogP) is 4.13. The molecule has 0 aliphatic carbocycles. The van der Waals surface area contributed by atoms with E-state index in [0.29, 0.717) is 22.0 Å². The summed E-state index contributed by atoms with van der Waals surface area (Å²) in [6.45, 7) is 2.11. The largest absolute Gasteiger partial charge is 0.330 e. The molecule has 0 bridgehead atoms. The topological polar surface area (TPSA) is 54.5 Å². The van der Waals surface area contributed by atoms with Gasteiger partial charge in [0.25, 0.3) is 5.91 Å². The molecule has 1 atom stereocenters. The normalized spacial score (nSPS) is 18.7. The minimum atomic E-state index is -3.12. The summed E-state index contributed by atoms with van der Waals surface area (Å²) in [5, 5.41) is 0.972. The van der Waals surface area contributed by atoms with Crippen LogP contribution >= 0.6 is 23.2 Å². The van der Waals surface area contributed by atoms with E-state index >= 15 is 0 Å². The molecule has 2 aromatic carbocycles. The molecular formula is C19H19Cl2NO3S. The fraction of sp³-hybridized carbons (Fsp3) is 0.316. The molecule has 26 heavy (non-hydrogen) atoms. The van der Waals surface area contributed by atoms with Crippen molar-refractivity contribution in [2.24, 2.45) is 0 Å². The van der Waals surface area contributed by atoms with Crippen LogP contribution in [0.5, 0.6) is 0 Å². The van der Waals surface area contributed by atoms with E-state index in [1.807, 2.05) is 19.1 Å². The molecule has 4 nitrogen and oxygen atoms in total. The summed E-state index contributed by atoms with van der Waals surface area (Å²) in [4.78, 5) is 14.8. The average molecular weight is 412 g/mol. The lowest BCUT2D eigenvalue weighted by Crippen LogP contribution is -2.41. The highest BCUT2D eigenvalue weighted by Gasteiger charge is 2.35. The lowest BCUT2D eigenvalue weighted by molar-refractivity contribution is 0.0680. The van der Waals surface area contributed by atoms with Gasteiger partial charge in [-0.25, -0.2) is 8.42 Å². The van der Waals surface area contributed by atoms with Gasteiger partial charge in [-0.1, -0.05) is 47.5 Å². The minimum Gasteiger partial charge on any atom is -0.330 e. The highest BCUT2D eigenvalue weighted by atomic mass is 35.5. The smallest absolute Gasteiger partial charge is 0.254 e. The zero-order chi connectivity index (χ0) is 18.9. The molecule has 138 valence electrons. The Labute approximate surface area is 163 Å². The fourth-order valence-corrected chi connectivity index (χ4v) is 5.39. The van der Waals surface area contributed by atoms with Crippen LogP contribution in [0.15, 0.2) is 42.5 Å². The van der Waals surface area contributed by atoms with Crippen molar-refractivity contribution in [1.82, 2.24) is 4.90 Å². The molecule has 7 heteroatoms. The molecule has 1 unspecified atom stereocenters. The summed E-state index contributed by atoms with van der Waals surface area (Å²) in [7, 11) is -3.12. The van der Waals surface area contributed by atoms with E-state index in [4.69, 9.17) is 23.2 Å². The van der Waals surface area contributed by atoms with Crippen LogP contribution in [0.4, 0.5) is 0 Å². The lowest BCUT2D eigenvalue weighted by Gasteiger charge is -2.29. The Morgan fingerprint density at radius 3 is 2.54 bits per heavy atom. The van der Waals surface area contributed by atoms with Gasteiger partial charge < -0.3 is 4.90 Å². The zero-order valence-corrected chi connectivity index (χ0v) is 16.6. The Bertz CT molecular complexity index is 944. The van der Waals surface area contributed by atoms with Gasteiger partial charge in [0.1, 0.15) is 0 Å². The third kappa shape index (κ3) is 4.22. The molecule has 1 saturated heterocycles. The first kappa shape index (κ1) is 19.2. The molecule has 3 rings (SSSR count). The number of rotatable bonds is 4. The highest BCUT2D eigenvalue weighted by Crippen LogP contribution is 2.27. The molecule has 1 aliphatic rings. The van der Waals surface area contributed by atoms with Crippen LogP contribution in [0.2, 0.25) is 10.0 Å². The van der Waals surface area contributed by atoms with E-state index in [0.717, 1.165) is 11.1 Å². The number of carbonyl (C=O) groups is 1. The van der Waals surface area contributed by atoms with Crippen molar-refractivity contribution in [1.29, 1.82) is 0 Å². The van der Waals surface area contributed by atoms with Gasteiger partial charge in [0, 0.05) is 28.2 Å². The van der Waals surface area contributed by atoms with Crippen LogP contribution < -0.4 is 0 Å². The van der Waals surface area contributed by atoms with Gasteiger partial charge in [-0.3, -0.25) is 4.79 Å². The minimum absolute atomic E-state index is 0.0180. The molecular weight excluding hydrogens is 393 g/mol. The van der Waals surface area contributed by atoms with Crippen LogP contribution in [-0.4, -0.2) is 36.8 Å². The molecule has 1 fully saturated rings. The number of carbonyl (C=O) groups excluding carboxylic acids is 1. The maximum absolute atomic E-state index is 13.2. The maximum Gasteiger partial charge on any atom is 0.254 e. The van der Waals surface area contributed by atoms with Crippen LogP contribution in [0.25, 0.3) is 0 Å². The van der Waals surface area contributed by atoms with Crippen LogP contribution in [-0.2, 0) is 16.4 Å². The second kappa shape index (κ2) is 7.59. The third-order valence-corrected chi connectivity index (χ3v) is 6.98. The van der Waals surface area contributed by atoms with E-state index in [-0.39, 0.29) is 30.0 Å². The first-order valence-electron chi connectivity index (χ1n) is 8.28. The van der Waals surface area contributed by atoms with Crippen molar-refractivity contribution in [2.45, 2.75) is 25.9 Å². The van der Waals surface area contributed by atoms with Crippen LogP contribution in [0, 0.1) is 6.92 Å². The molecule has 0 radical (unpaired) electrons. The van der Waals surface area contributed by atoms with E-state index in [9.17, 15) is 13.2 Å². The van der Waals surface area contributed by atoms with E-state index < -0.39 is 9.84 Å². The van der Waals surface area contributed by atoms with Gasteiger partial charge in [0.15, 0.2) is 9.84 Å². The molecule has 0 N–H and O–H groups in total. The number of sulfone groups is 1. The Balaban J connectivity index is 1.96. The Morgan fingerprint density at radius 2 is 1.92 bits per heavy atom. The molecule has 0 spiro atoms. The first-order chi connectivity index (χ1) is 12.3. The van der Waals surface area contributed by atoms with Gasteiger partial charge in [-0.05, 0) is 42.7 Å². The predicted molar refractivity (Wildman–Crippen MR) is 105 cm³/mol. The Kier molecular flexibility index (Phi) is 5.61. The number of halogens is 2. The van der Waals surface area contributed by atoms with Crippen LogP contribution in [0.1, 0.15) is 27.9 Å². The molecule has 0 saturated carbocycles. The number of amides is 1.